The third-order valence-corrected chi connectivity index (χ3v) is 3.09. The second-order valence-corrected chi connectivity index (χ2v) is 4.21. The van der Waals surface area contributed by atoms with E-state index in [1.54, 1.807) is 0 Å². The van der Waals surface area contributed by atoms with Crippen LogP contribution < -0.4 is 4.90 Å². The van der Waals surface area contributed by atoms with Crippen LogP contribution in [0.3, 0.4) is 0 Å². The Morgan fingerprint density at radius 3 is 2.20 bits per heavy atom. The van der Waals surface area contributed by atoms with Crippen LogP contribution in [0.4, 0.5) is 5.69 Å². The molecule has 0 amide bonds. The Balaban J connectivity index is 2.03. The van der Waals surface area contributed by atoms with Crippen molar-refractivity contribution < 1.29 is 0 Å². The van der Waals surface area contributed by atoms with Crippen LogP contribution in [0.5, 0.6) is 0 Å². The maximum atomic E-state index is 3.89. The molecule has 1 fully saturated rings. The average molecular weight is 203 g/mol. The van der Waals surface area contributed by atoms with Crippen molar-refractivity contribution in [2.45, 2.75) is 6.42 Å². The highest BCUT2D eigenvalue weighted by atomic mass is 15.2. The second-order valence-electron chi connectivity index (χ2n) is 4.21. The molecule has 0 aromatic heterocycles. The Morgan fingerprint density at radius 2 is 1.67 bits per heavy atom. The normalized spacial score (nSPS) is 18.1. The smallest absolute Gasteiger partial charge is 0.0367 e. The molecule has 1 radical (unpaired) electrons. The van der Waals surface area contributed by atoms with E-state index in [4.69, 9.17) is 0 Å². The molecule has 0 saturated carbocycles. The summed E-state index contributed by atoms with van der Waals surface area (Å²) in [6, 6.07) is 8.79. The zero-order valence-electron chi connectivity index (χ0n) is 9.45. The van der Waals surface area contributed by atoms with E-state index in [2.05, 4.69) is 48.0 Å². The Kier molecular flexibility index (Phi) is 3.27. The van der Waals surface area contributed by atoms with E-state index in [1.807, 2.05) is 0 Å². The lowest BCUT2D eigenvalue weighted by Crippen LogP contribution is -2.44. The van der Waals surface area contributed by atoms with Gasteiger partial charge in [-0.15, -0.1) is 0 Å². The molecule has 1 aromatic rings. The van der Waals surface area contributed by atoms with E-state index in [0.29, 0.717) is 0 Å². The number of likely N-dealkylation sites (N-methyl/N-ethyl adjacent to an activating group) is 1. The van der Waals surface area contributed by atoms with Crippen molar-refractivity contribution >= 4 is 5.69 Å². The molecule has 1 aliphatic rings. The van der Waals surface area contributed by atoms with E-state index < -0.39 is 0 Å². The first-order valence-electron chi connectivity index (χ1n) is 5.61. The van der Waals surface area contributed by atoms with E-state index in [1.165, 1.54) is 11.3 Å². The summed E-state index contributed by atoms with van der Waals surface area (Å²) in [6.45, 7) is 8.49. The monoisotopic (exact) mass is 203 g/mol. The fraction of sp³-hybridized carbons (Fsp3) is 0.462. The van der Waals surface area contributed by atoms with E-state index in [0.717, 1.165) is 32.6 Å². The molecule has 1 aliphatic heterocycles. The van der Waals surface area contributed by atoms with Gasteiger partial charge in [0, 0.05) is 31.9 Å². The van der Waals surface area contributed by atoms with Crippen molar-refractivity contribution in [3.05, 3.63) is 36.8 Å². The van der Waals surface area contributed by atoms with Crippen molar-refractivity contribution in [3.8, 4) is 0 Å². The van der Waals surface area contributed by atoms with Gasteiger partial charge in [0.05, 0.1) is 0 Å². The predicted octanol–water partition coefficient (Wildman–Crippen LogP) is 1.81. The maximum absolute atomic E-state index is 3.89. The first-order chi connectivity index (χ1) is 7.29. The number of rotatable bonds is 2. The van der Waals surface area contributed by atoms with Crippen molar-refractivity contribution in [2.24, 2.45) is 0 Å². The molecule has 81 valence electrons. The summed E-state index contributed by atoms with van der Waals surface area (Å²) in [4.78, 5) is 4.83. The van der Waals surface area contributed by atoms with Gasteiger partial charge in [-0.25, -0.2) is 0 Å². The number of benzene rings is 1. The van der Waals surface area contributed by atoms with Crippen LogP contribution in [0, 0.1) is 6.92 Å². The van der Waals surface area contributed by atoms with Gasteiger partial charge in [-0.05, 0) is 38.1 Å². The summed E-state index contributed by atoms with van der Waals surface area (Å²) >= 11 is 0. The third-order valence-electron chi connectivity index (χ3n) is 3.09. The minimum Gasteiger partial charge on any atom is -0.369 e. The molecular formula is C13H19N2. The van der Waals surface area contributed by atoms with Gasteiger partial charge in [0.2, 0.25) is 0 Å². The lowest BCUT2D eigenvalue weighted by Gasteiger charge is -2.34. The quantitative estimate of drug-likeness (QED) is 0.723. The van der Waals surface area contributed by atoms with Crippen molar-refractivity contribution in [2.75, 3.05) is 38.1 Å². The summed E-state index contributed by atoms with van der Waals surface area (Å²) in [7, 11) is 2.18. The minimum atomic E-state index is 0.878. The summed E-state index contributed by atoms with van der Waals surface area (Å²) in [6.07, 6.45) is 0.878. The van der Waals surface area contributed by atoms with Gasteiger partial charge >= 0.3 is 0 Å². The molecule has 1 aromatic carbocycles. The van der Waals surface area contributed by atoms with Crippen LogP contribution in [0.25, 0.3) is 0 Å². The van der Waals surface area contributed by atoms with E-state index >= 15 is 0 Å². The summed E-state index contributed by atoms with van der Waals surface area (Å²) in [5.41, 5.74) is 2.66. The lowest BCUT2D eigenvalue weighted by atomic mass is 10.1. The molecule has 0 spiro atoms. The van der Waals surface area contributed by atoms with Crippen LogP contribution in [0.1, 0.15) is 5.56 Å². The molecule has 1 heterocycles. The molecule has 15 heavy (non-hydrogen) atoms. The first kappa shape index (κ1) is 10.5. The predicted molar refractivity (Wildman–Crippen MR) is 65.2 cm³/mol. The Labute approximate surface area is 92.5 Å². The standard InChI is InChI=1S/C13H19N2/c1-3-12-4-6-13(7-5-12)15-10-8-14(2)9-11-15/h4-7H,1,3,8-11H2,2H3. The third kappa shape index (κ3) is 2.51. The van der Waals surface area contributed by atoms with Crippen LogP contribution >= 0.6 is 0 Å². The Hall–Kier alpha value is -1.02. The van der Waals surface area contributed by atoms with Crippen LogP contribution in [-0.4, -0.2) is 38.1 Å². The minimum absolute atomic E-state index is 0.878. The summed E-state index contributed by atoms with van der Waals surface area (Å²) in [5, 5.41) is 0. The number of nitrogens with zero attached hydrogens (tertiary/aromatic N) is 2. The molecule has 0 N–H and O–H groups in total. The molecule has 0 bridgehead atoms. The molecule has 2 heteroatoms. The fourth-order valence-corrected chi connectivity index (χ4v) is 1.94. The molecule has 2 nitrogen and oxygen atoms in total. The molecule has 2 rings (SSSR count). The summed E-state index contributed by atoms with van der Waals surface area (Å²) < 4.78 is 0. The highest BCUT2D eigenvalue weighted by Gasteiger charge is 2.13. The van der Waals surface area contributed by atoms with Gasteiger partial charge in [-0.2, -0.15) is 0 Å². The van der Waals surface area contributed by atoms with Crippen LogP contribution in [0.15, 0.2) is 24.3 Å². The van der Waals surface area contributed by atoms with Gasteiger partial charge in [0.1, 0.15) is 0 Å². The largest absolute Gasteiger partial charge is 0.369 e. The Morgan fingerprint density at radius 1 is 1.07 bits per heavy atom. The van der Waals surface area contributed by atoms with Crippen molar-refractivity contribution in [1.29, 1.82) is 0 Å². The zero-order valence-corrected chi connectivity index (χ0v) is 9.45. The van der Waals surface area contributed by atoms with Gasteiger partial charge in [-0.3, -0.25) is 0 Å². The maximum Gasteiger partial charge on any atom is 0.0367 e. The van der Waals surface area contributed by atoms with E-state index in [-0.39, 0.29) is 0 Å². The van der Waals surface area contributed by atoms with Gasteiger partial charge in [0.25, 0.3) is 0 Å². The Bertz CT molecular complexity index is 297. The van der Waals surface area contributed by atoms with E-state index in [9.17, 15) is 0 Å². The SMILES string of the molecule is [CH2]Cc1ccc(N2CCN(C)CC2)cc1. The van der Waals surface area contributed by atoms with Gasteiger partial charge in [0.15, 0.2) is 0 Å². The van der Waals surface area contributed by atoms with Crippen LogP contribution in [-0.2, 0) is 6.42 Å². The molecule has 1 saturated heterocycles. The van der Waals surface area contributed by atoms with Gasteiger partial charge in [-0.1, -0.05) is 12.1 Å². The van der Waals surface area contributed by atoms with Crippen molar-refractivity contribution in [1.82, 2.24) is 4.90 Å². The highest BCUT2D eigenvalue weighted by Crippen LogP contribution is 2.16. The van der Waals surface area contributed by atoms with Gasteiger partial charge < -0.3 is 9.80 Å². The molecule has 0 atom stereocenters. The second kappa shape index (κ2) is 4.67. The lowest BCUT2D eigenvalue weighted by molar-refractivity contribution is 0.313. The molecule has 0 aliphatic carbocycles. The number of hydrogen-bond donors (Lipinski definition) is 0. The highest BCUT2D eigenvalue weighted by molar-refractivity contribution is 5.48. The summed E-state index contributed by atoms with van der Waals surface area (Å²) in [5.74, 6) is 0. The average Bonchev–Trinajstić information content (AvgIpc) is 2.30. The first-order valence-corrected chi connectivity index (χ1v) is 5.61. The number of hydrogen-bond acceptors (Lipinski definition) is 2. The number of anilines is 1. The zero-order chi connectivity index (χ0) is 10.7. The van der Waals surface area contributed by atoms with Crippen LogP contribution in [0.2, 0.25) is 0 Å². The topological polar surface area (TPSA) is 6.48 Å². The number of piperazine rings is 1. The molecule has 0 unspecified atom stereocenters. The fourth-order valence-electron chi connectivity index (χ4n) is 1.94. The van der Waals surface area contributed by atoms with Crippen molar-refractivity contribution in [3.63, 3.8) is 0 Å². The molecular weight excluding hydrogens is 184 g/mol.